The van der Waals surface area contributed by atoms with Gasteiger partial charge in [-0.25, -0.2) is 0 Å². The highest BCUT2D eigenvalue weighted by Crippen LogP contribution is 2.29. The van der Waals surface area contributed by atoms with Crippen LogP contribution in [-0.2, 0) is 0 Å². The highest BCUT2D eigenvalue weighted by Gasteiger charge is 2.26. The first kappa shape index (κ1) is 21.8. The van der Waals surface area contributed by atoms with Crippen LogP contribution in [0.4, 0.5) is 0 Å². The summed E-state index contributed by atoms with van der Waals surface area (Å²) in [6.45, 7) is 6.11. The minimum absolute atomic E-state index is 0.0782. The Morgan fingerprint density at radius 2 is 1.93 bits per heavy atom. The molecule has 0 aliphatic carbocycles. The molecule has 0 saturated carbocycles. The monoisotopic (exact) mass is 424 g/mol. The molecule has 2 heterocycles. The topological polar surface area (TPSA) is 32.8 Å². The number of carbonyl (C=O) groups is 1. The number of nitrogens with zero attached hydrogens (tertiary/aromatic N) is 2. The summed E-state index contributed by atoms with van der Waals surface area (Å²) in [6, 6.07) is 6.05. The van der Waals surface area contributed by atoms with Crippen molar-refractivity contribution in [3.8, 4) is 5.75 Å². The van der Waals surface area contributed by atoms with Gasteiger partial charge in [0, 0.05) is 37.2 Å². The molecular formula is C22H33ClN2O2S. The molecule has 1 amide bonds. The van der Waals surface area contributed by atoms with Gasteiger partial charge in [-0.3, -0.25) is 4.79 Å². The molecule has 0 spiro atoms. The van der Waals surface area contributed by atoms with E-state index in [9.17, 15) is 4.79 Å². The third kappa shape index (κ3) is 5.80. The molecule has 156 valence electrons. The fourth-order valence-corrected chi connectivity index (χ4v) is 4.86. The average molecular weight is 425 g/mol. The lowest BCUT2D eigenvalue weighted by Gasteiger charge is -2.36. The molecule has 0 bridgehead atoms. The molecule has 6 heteroatoms. The summed E-state index contributed by atoms with van der Waals surface area (Å²) in [5, 5.41) is 0.619. The van der Waals surface area contributed by atoms with E-state index in [2.05, 4.69) is 18.1 Å². The fraction of sp³-hybridized carbons (Fsp3) is 0.682. The second-order valence-electron chi connectivity index (χ2n) is 7.98. The normalized spacial score (nSPS) is 20.2. The first-order valence-electron chi connectivity index (χ1n) is 10.6. The zero-order chi connectivity index (χ0) is 19.9. The Balaban J connectivity index is 1.61. The smallest absolute Gasteiger partial charge is 0.257 e. The van der Waals surface area contributed by atoms with E-state index in [0.29, 0.717) is 22.4 Å². The predicted molar refractivity (Wildman–Crippen MR) is 119 cm³/mol. The van der Waals surface area contributed by atoms with Crippen molar-refractivity contribution in [1.82, 2.24) is 9.80 Å². The Morgan fingerprint density at radius 3 is 2.61 bits per heavy atom. The van der Waals surface area contributed by atoms with Crippen LogP contribution < -0.4 is 4.74 Å². The maximum Gasteiger partial charge on any atom is 0.257 e. The van der Waals surface area contributed by atoms with Crippen LogP contribution in [0.3, 0.4) is 0 Å². The zero-order valence-electron chi connectivity index (χ0n) is 17.2. The van der Waals surface area contributed by atoms with Crippen molar-refractivity contribution < 1.29 is 9.53 Å². The zero-order valence-corrected chi connectivity index (χ0v) is 18.7. The van der Waals surface area contributed by atoms with E-state index in [1.54, 1.807) is 6.07 Å². The molecule has 2 fully saturated rings. The second kappa shape index (κ2) is 10.7. The van der Waals surface area contributed by atoms with Gasteiger partial charge in [-0.15, -0.1) is 0 Å². The van der Waals surface area contributed by atoms with Gasteiger partial charge in [0.05, 0.1) is 5.56 Å². The molecule has 2 aliphatic heterocycles. The number of benzene rings is 1. The second-order valence-corrected chi connectivity index (χ2v) is 9.40. The SMILES string of the molecule is CSCCC(C)N1CCC(Oc2cc(Cl)ccc2C(=O)N2CCCCC2)CC1. The van der Waals surface area contributed by atoms with Crippen molar-refractivity contribution >= 4 is 29.3 Å². The molecule has 1 unspecified atom stereocenters. The van der Waals surface area contributed by atoms with E-state index in [-0.39, 0.29) is 12.0 Å². The quantitative estimate of drug-likeness (QED) is 0.619. The molecule has 2 aliphatic rings. The van der Waals surface area contributed by atoms with E-state index in [1.165, 1.54) is 18.6 Å². The van der Waals surface area contributed by atoms with E-state index >= 15 is 0 Å². The average Bonchev–Trinajstić information content (AvgIpc) is 2.73. The molecule has 1 aromatic carbocycles. The molecule has 0 radical (unpaired) electrons. The molecule has 0 aromatic heterocycles. The Morgan fingerprint density at radius 1 is 1.21 bits per heavy atom. The Hall–Kier alpha value is -0.910. The van der Waals surface area contributed by atoms with E-state index in [1.807, 2.05) is 28.8 Å². The third-order valence-electron chi connectivity index (χ3n) is 5.95. The summed E-state index contributed by atoms with van der Waals surface area (Å²) in [7, 11) is 0. The van der Waals surface area contributed by atoms with Crippen LogP contribution >= 0.6 is 23.4 Å². The summed E-state index contributed by atoms with van der Waals surface area (Å²) >= 11 is 8.14. The first-order chi connectivity index (χ1) is 13.6. The molecule has 2 saturated heterocycles. The Kier molecular flexibility index (Phi) is 8.36. The van der Waals surface area contributed by atoms with Gasteiger partial charge < -0.3 is 14.5 Å². The number of thioether (sulfide) groups is 1. The number of carbonyl (C=O) groups excluding carboxylic acids is 1. The van der Waals surface area contributed by atoms with Crippen molar-refractivity contribution in [3.63, 3.8) is 0 Å². The van der Waals surface area contributed by atoms with E-state index in [0.717, 1.165) is 51.9 Å². The lowest BCUT2D eigenvalue weighted by atomic mass is 10.0. The van der Waals surface area contributed by atoms with Gasteiger partial charge >= 0.3 is 0 Å². The van der Waals surface area contributed by atoms with Crippen molar-refractivity contribution in [2.24, 2.45) is 0 Å². The lowest BCUT2D eigenvalue weighted by molar-refractivity contribution is 0.0681. The highest BCUT2D eigenvalue weighted by molar-refractivity contribution is 7.98. The van der Waals surface area contributed by atoms with Gasteiger partial charge in [0.15, 0.2) is 0 Å². The minimum Gasteiger partial charge on any atom is -0.489 e. The summed E-state index contributed by atoms with van der Waals surface area (Å²) in [6.07, 6.45) is 8.92. The molecule has 28 heavy (non-hydrogen) atoms. The van der Waals surface area contributed by atoms with E-state index in [4.69, 9.17) is 16.3 Å². The van der Waals surface area contributed by atoms with Crippen LogP contribution in [0.1, 0.15) is 55.8 Å². The van der Waals surface area contributed by atoms with Gasteiger partial charge in [0.2, 0.25) is 0 Å². The highest BCUT2D eigenvalue weighted by atomic mass is 35.5. The van der Waals surface area contributed by atoms with Crippen molar-refractivity contribution in [3.05, 3.63) is 28.8 Å². The van der Waals surface area contributed by atoms with Crippen LogP contribution in [0.2, 0.25) is 5.02 Å². The molecule has 3 rings (SSSR count). The predicted octanol–water partition coefficient (Wildman–Crippen LogP) is 4.95. The van der Waals surface area contributed by atoms with Crippen LogP contribution in [0.15, 0.2) is 18.2 Å². The molecule has 1 aromatic rings. The number of hydrogen-bond donors (Lipinski definition) is 0. The van der Waals surface area contributed by atoms with Crippen molar-refractivity contribution in [2.75, 3.05) is 38.2 Å². The van der Waals surface area contributed by atoms with Crippen molar-refractivity contribution in [1.29, 1.82) is 0 Å². The summed E-state index contributed by atoms with van der Waals surface area (Å²) in [4.78, 5) is 17.5. The molecule has 4 nitrogen and oxygen atoms in total. The first-order valence-corrected chi connectivity index (χ1v) is 12.3. The molecule has 1 atom stereocenters. The fourth-order valence-electron chi connectivity index (χ4n) is 4.12. The Bertz CT molecular complexity index is 643. The number of halogens is 1. The summed E-state index contributed by atoms with van der Waals surface area (Å²) in [5.41, 5.74) is 0.655. The molecular weight excluding hydrogens is 392 g/mol. The minimum atomic E-state index is 0.0782. The van der Waals surface area contributed by atoms with Crippen LogP contribution in [0.25, 0.3) is 0 Å². The standard InChI is InChI=1S/C22H33ClN2O2S/c1-17(10-15-28-2)24-13-8-19(9-14-24)27-21-16-18(23)6-7-20(21)22(26)25-11-4-3-5-12-25/h6-7,16-17,19H,3-5,8-15H2,1-2H3. The summed E-state index contributed by atoms with van der Waals surface area (Å²) < 4.78 is 6.33. The van der Waals surface area contributed by atoms with E-state index < -0.39 is 0 Å². The van der Waals surface area contributed by atoms with Gasteiger partial charge in [-0.2, -0.15) is 11.8 Å². The van der Waals surface area contributed by atoms with Gasteiger partial charge in [0.25, 0.3) is 5.91 Å². The number of hydrogen-bond acceptors (Lipinski definition) is 4. The molecule has 0 N–H and O–H groups in total. The number of ether oxygens (including phenoxy) is 1. The number of likely N-dealkylation sites (tertiary alicyclic amines) is 2. The number of piperidine rings is 2. The third-order valence-corrected chi connectivity index (χ3v) is 6.83. The maximum absolute atomic E-state index is 13.0. The number of amides is 1. The van der Waals surface area contributed by atoms with Crippen LogP contribution in [-0.4, -0.2) is 66.0 Å². The largest absolute Gasteiger partial charge is 0.489 e. The Labute approximate surface area is 178 Å². The number of rotatable bonds is 7. The maximum atomic E-state index is 13.0. The summed E-state index contributed by atoms with van der Waals surface area (Å²) in [5.74, 6) is 1.94. The van der Waals surface area contributed by atoms with Gasteiger partial charge in [-0.05, 0) is 75.7 Å². The van der Waals surface area contributed by atoms with Crippen molar-refractivity contribution in [2.45, 2.75) is 57.6 Å². The van der Waals surface area contributed by atoms with Crippen LogP contribution in [0, 0.1) is 0 Å². The van der Waals surface area contributed by atoms with Gasteiger partial charge in [-0.1, -0.05) is 11.6 Å². The lowest BCUT2D eigenvalue weighted by Crippen LogP contribution is -2.43. The van der Waals surface area contributed by atoms with Crippen LogP contribution in [0.5, 0.6) is 5.75 Å². The van der Waals surface area contributed by atoms with Gasteiger partial charge in [0.1, 0.15) is 11.9 Å².